The molecular weight excluding hydrogens is 230 g/mol. The van der Waals surface area contributed by atoms with Gasteiger partial charge in [-0.3, -0.25) is 0 Å². The van der Waals surface area contributed by atoms with Crippen molar-refractivity contribution in [2.45, 2.75) is 45.3 Å². The molecule has 1 heterocycles. The predicted octanol–water partition coefficient (Wildman–Crippen LogP) is 1.52. The van der Waals surface area contributed by atoms with Gasteiger partial charge in [0.15, 0.2) is 0 Å². The number of aliphatic hydroxyl groups is 1. The van der Waals surface area contributed by atoms with Crippen molar-refractivity contribution in [3.8, 4) is 0 Å². The van der Waals surface area contributed by atoms with E-state index < -0.39 is 0 Å². The van der Waals surface area contributed by atoms with Crippen LogP contribution in [0.4, 0.5) is 0 Å². The van der Waals surface area contributed by atoms with Gasteiger partial charge in [-0.05, 0) is 25.8 Å². The van der Waals surface area contributed by atoms with Gasteiger partial charge < -0.3 is 19.5 Å². The topological polar surface area (TPSA) is 41.9 Å². The van der Waals surface area contributed by atoms with Crippen LogP contribution in [0.15, 0.2) is 0 Å². The largest absolute Gasteiger partial charge is 0.389 e. The summed E-state index contributed by atoms with van der Waals surface area (Å²) in [6, 6.07) is 0. The Bertz CT molecular complexity index is 207. The van der Waals surface area contributed by atoms with Crippen LogP contribution in [0, 0.1) is 5.92 Å². The second-order valence-corrected chi connectivity index (χ2v) is 5.53. The molecule has 4 heteroatoms. The minimum Gasteiger partial charge on any atom is -0.389 e. The SMILES string of the molecule is CCC(C)CN(C)CC(O)COC1CCOCC1. The molecule has 1 fully saturated rings. The quantitative estimate of drug-likeness (QED) is 0.717. The summed E-state index contributed by atoms with van der Waals surface area (Å²) in [5, 5.41) is 9.94. The first-order valence-corrected chi connectivity index (χ1v) is 7.17. The Morgan fingerprint density at radius 3 is 2.61 bits per heavy atom. The summed E-state index contributed by atoms with van der Waals surface area (Å²) in [6.07, 6.45) is 2.97. The van der Waals surface area contributed by atoms with Gasteiger partial charge in [-0.1, -0.05) is 20.3 Å². The molecule has 0 amide bonds. The Hall–Kier alpha value is -0.160. The van der Waals surface area contributed by atoms with Gasteiger partial charge in [0.2, 0.25) is 0 Å². The lowest BCUT2D eigenvalue weighted by atomic mass is 10.1. The van der Waals surface area contributed by atoms with E-state index in [0.29, 0.717) is 19.1 Å². The molecule has 1 N–H and O–H groups in total. The van der Waals surface area contributed by atoms with E-state index in [1.54, 1.807) is 0 Å². The number of rotatable bonds is 8. The molecule has 1 saturated heterocycles. The molecule has 0 saturated carbocycles. The third-order valence-electron chi connectivity index (χ3n) is 3.54. The van der Waals surface area contributed by atoms with Gasteiger partial charge in [-0.25, -0.2) is 0 Å². The minimum atomic E-state index is -0.387. The van der Waals surface area contributed by atoms with Gasteiger partial charge in [0.05, 0.1) is 18.8 Å². The summed E-state index contributed by atoms with van der Waals surface area (Å²) in [7, 11) is 2.06. The van der Waals surface area contributed by atoms with Gasteiger partial charge in [-0.2, -0.15) is 0 Å². The van der Waals surface area contributed by atoms with Crippen LogP contribution in [0.5, 0.6) is 0 Å². The monoisotopic (exact) mass is 259 g/mol. The van der Waals surface area contributed by atoms with E-state index in [9.17, 15) is 5.11 Å². The van der Waals surface area contributed by atoms with Crippen molar-refractivity contribution in [3.63, 3.8) is 0 Å². The van der Waals surface area contributed by atoms with Gasteiger partial charge in [0.25, 0.3) is 0 Å². The molecular formula is C14H29NO3. The van der Waals surface area contributed by atoms with Crippen molar-refractivity contribution < 1.29 is 14.6 Å². The first-order valence-electron chi connectivity index (χ1n) is 7.17. The van der Waals surface area contributed by atoms with Crippen LogP contribution in [-0.2, 0) is 9.47 Å². The first-order chi connectivity index (χ1) is 8.61. The summed E-state index contributed by atoms with van der Waals surface area (Å²) in [4.78, 5) is 2.19. The van der Waals surface area contributed by atoms with Gasteiger partial charge in [-0.15, -0.1) is 0 Å². The van der Waals surface area contributed by atoms with E-state index in [4.69, 9.17) is 9.47 Å². The van der Waals surface area contributed by atoms with Crippen molar-refractivity contribution in [2.75, 3.05) is 40.0 Å². The minimum absolute atomic E-state index is 0.272. The van der Waals surface area contributed by atoms with Crippen LogP contribution in [0.25, 0.3) is 0 Å². The summed E-state index contributed by atoms with van der Waals surface area (Å²) in [5.41, 5.74) is 0. The van der Waals surface area contributed by atoms with Crippen LogP contribution in [0.2, 0.25) is 0 Å². The fourth-order valence-electron chi connectivity index (χ4n) is 2.24. The van der Waals surface area contributed by atoms with Gasteiger partial charge in [0.1, 0.15) is 0 Å². The molecule has 1 aliphatic heterocycles. The molecule has 0 aromatic carbocycles. The maximum atomic E-state index is 9.94. The Morgan fingerprint density at radius 1 is 1.33 bits per heavy atom. The third kappa shape index (κ3) is 6.69. The second kappa shape index (κ2) is 8.86. The fraction of sp³-hybridized carbons (Fsp3) is 1.00. The molecule has 1 aliphatic rings. The molecule has 0 radical (unpaired) electrons. The predicted molar refractivity (Wildman–Crippen MR) is 72.8 cm³/mol. The highest BCUT2D eigenvalue weighted by Gasteiger charge is 2.17. The van der Waals surface area contributed by atoms with Gasteiger partial charge >= 0.3 is 0 Å². The van der Waals surface area contributed by atoms with Crippen LogP contribution in [0.3, 0.4) is 0 Å². The number of hydrogen-bond acceptors (Lipinski definition) is 4. The second-order valence-electron chi connectivity index (χ2n) is 5.53. The lowest BCUT2D eigenvalue weighted by Gasteiger charge is -2.26. The lowest BCUT2D eigenvalue weighted by Crippen LogP contribution is -2.36. The molecule has 0 aliphatic carbocycles. The number of hydrogen-bond donors (Lipinski definition) is 1. The molecule has 0 spiro atoms. The van der Waals surface area contributed by atoms with Crippen molar-refractivity contribution in [3.05, 3.63) is 0 Å². The van der Waals surface area contributed by atoms with E-state index in [-0.39, 0.29) is 12.2 Å². The van der Waals surface area contributed by atoms with E-state index in [1.165, 1.54) is 6.42 Å². The Kier molecular flexibility index (Phi) is 7.82. The van der Waals surface area contributed by atoms with Crippen LogP contribution in [0.1, 0.15) is 33.1 Å². The van der Waals surface area contributed by atoms with E-state index in [1.807, 2.05) is 0 Å². The summed E-state index contributed by atoms with van der Waals surface area (Å²) in [6.45, 7) is 8.17. The molecule has 2 unspecified atom stereocenters. The van der Waals surface area contributed by atoms with Crippen molar-refractivity contribution >= 4 is 0 Å². The highest BCUT2D eigenvalue weighted by atomic mass is 16.5. The Balaban J connectivity index is 2.10. The average Bonchev–Trinajstić information content (AvgIpc) is 2.37. The van der Waals surface area contributed by atoms with Crippen molar-refractivity contribution in [1.29, 1.82) is 0 Å². The Morgan fingerprint density at radius 2 is 2.00 bits per heavy atom. The highest BCUT2D eigenvalue weighted by molar-refractivity contribution is 4.67. The third-order valence-corrected chi connectivity index (χ3v) is 3.54. The highest BCUT2D eigenvalue weighted by Crippen LogP contribution is 2.11. The zero-order valence-electron chi connectivity index (χ0n) is 12.1. The molecule has 1 rings (SSSR count). The average molecular weight is 259 g/mol. The molecule has 4 nitrogen and oxygen atoms in total. The summed E-state index contributed by atoms with van der Waals surface area (Å²) >= 11 is 0. The molecule has 0 bridgehead atoms. The number of aliphatic hydroxyl groups excluding tert-OH is 1. The zero-order valence-corrected chi connectivity index (χ0v) is 12.1. The molecule has 108 valence electrons. The fourth-order valence-corrected chi connectivity index (χ4v) is 2.24. The standard InChI is InChI=1S/C14H29NO3/c1-4-12(2)9-15(3)10-13(16)11-18-14-5-7-17-8-6-14/h12-14,16H,4-11H2,1-3H3. The molecule has 0 aromatic rings. The number of ether oxygens (including phenoxy) is 2. The summed E-state index contributed by atoms with van der Waals surface area (Å²) in [5.74, 6) is 0.679. The van der Waals surface area contributed by atoms with Crippen LogP contribution in [-0.4, -0.2) is 62.2 Å². The molecule has 18 heavy (non-hydrogen) atoms. The van der Waals surface area contributed by atoms with Crippen LogP contribution >= 0.6 is 0 Å². The summed E-state index contributed by atoms with van der Waals surface area (Å²) < 4.78 is 11.0. The van der Waals surface area contributed by atoms with E-state index in [2.05, 4.69) is 25.8 Å². The van der Waals surface area contributed by atoms with Crippen molar-refractivity contribution in [2.24, 2.45) is 5.92 Å². The Labute approximate surface area is 111 Å². The van der Waals surface area contributed by atoms with E-state index in [0.717, 1.165) is 32.6 Å². The number of nitrogens with zero attached hydrogens (tertiary/aromatic N) is 1. The van der Waals surface area contributed by atoms with E-state index >= 15 is 0 Å². The van der Waals surface area contributed by atoms with Gasteiger partial charge in [0, 0.05) is 26.3 Å². The maximum Gasteiger partial charge on any atom is 0.0900 e. The maximum absolute atomic E-state index is 9.94. The van der Waals surface area contributed by atoms with Crippen molar-refractivity contribution in [1.82, 2.24) is 4.90 Å². The number of likely N-dealkylation sites (N-methyl/N-ethyl adjacent to an activating group) is 1. The first kappa shape index (κ1) is 15.9. The molecule has 2 atom stereocenters. The van der Waals surface area contributed by atoms with Crippen LogP contribution < -0.4 is 0 Å². The molecule has 0 aromatic heterocycles. The normalized spacial score (nSPS) is 21.2. The lowest BCUT2D eigenvalue weighted by molar-refractivity contribution is -0.0634. The smallest absolute Gasteiger partial charge is 0.0900 e. The zero-order chi connectivity index (χ0) is 13.4.